The van der Waals surface area contributed by atoms with E-state index in [0.29, 0.717) is 14.9 Å². The predicted octanol–water partition coefficient (Wildman–Crippen LogP) is 5.08. The second kappa shape index (κ2) is 9.46. The monoisotopic (exact) mass is 500 g/mol. The smallest absolute Gasteiger partial charge is 0.259 e. The Bertz CT molecular complexity index is 1030. The molecule has 0 radical (unpaired) electrons. The van der Waals surface area contributed by atoms with Crippen molar-refractivity contribution in [1.82, 2.24) is 10.2 Å². The molecule has 0 atom stereocenters. The van der Waals surface area contributed by atoms with Crippen molar-refractivity contribution in [3.05, 3.63) is 63.3 Å². The first kappa shape index (κ1) is 20.7. The molecule has 3 rings (SSSR count). The minimum atomic E-state index is -0.507. The zero-order valence-electron chi connectivity index (χ0n) is 13.9. The van der Waals surface area contributed by atoms with Crippen LogP contribution in [0.2, 0.25) is 5.02 Å². The van der Waals surface area contributed by atoms with E-state index in [9.17, 15) is 14.0 Å². The largest absolute Gasteiger partial charge is 0.323 e. The van der Waals surface area contributed by atoms with Crippen LogP contribution in [0.15, 0.2) is 51.3 Å². The Kier molecular flexibility index (Phi) is 7.00. The standard InChI is InChI=1S/C17H11BrClFN4O2S2/c18-9-5-6-11(19)10(7-9)15(26)22-16-23-24-17(28-16)27-8-14(25)21-13-4-2-1-3-12(13)20/h1-7H,8H2,(H,21,25)(H,22,23,26). The van der Waals surface area contributed by atoms with E-state index in [1.54, 1.807) is 24.3 Å². The summed E-state index contributed by atoms with van der Waals surface area (Å²) in [6.45, 7) is 0. The number of halogens is 3. The molecule has 2 aromatic carbocycles. The van der Waals surface area contributed by atoms with Gasteiger partial charge >= 0.3 is 0 Å². The Morgan fingerprint density at radius 2 is 1.96 bits per heavy atom. The zero-order valence-corrected chi connectivity index (χ0v) is 17.9. The molecule has 0 aliphatic carbocycles. The van der Waals surface area contributed by atoms with Crippen LogP contribution < -0.4 is 10.6 Å². The quantitative estimate of drug-likeness (QED) is 0.364. The van der Waals surface area contributed by atoms with Crippen LogP contribution in [0.1, 0.15) is 10.4 Å². The number of rotatable bonds is 6. The van der Waals surface area contributed by atoms with Gasteiger partial charge in [0.15, 0.2) is 4.34 Å². The molecular weight excluding hydrogens is 491 g/mol. The highest BCUT2D eigenvalue weighted by molar-refractivity contribution is 9.10. The lowest BCUT2D eigenvalue weighted by Gasteiger charge is -2.04. The average Bonchev–Trinajstić information content (AvgIpc) is 3.11. The van der Waals surface area contributed by atoms with Crippen molar-refractivity contribution in [3.63, 3.8) is 0 Å². The molecule has 0 spiro atoms. The summed E-state index contributed by atoms with van der Waals surface area (Å²) in [5.41, 5.74) is 0.411. The lowest BCUT2D eigenvalue weighted by molar-refractivity contribution is -0.113. The van der Waals surface area contributed by atoms with Crippen LogP contribution in [-0.2, 0) is 4.79 Å². The van der Waals surface area contributed by atoms with Crippen molar-refractivity contribution >= 4 is 73.3 Å². The summed E-state index contributed by atoms with van der Waals surface area (Å²) < 4.78 is 14.7. The molecule has 6 nitrogen and oxygen atoms in total. The SMILES string of the molecule is O=C(CSc1nnc(NC(=O)c2cc(Br)ccc2Cl)s1)Nc1ccccc1F. The minimum absolute atomic E-state index is 0.0222. The summed E-state index contributed by atoms with van der Waals surface area (Å²) in [4.78, 5) is 24.3. The van der Waals surface area contributed by atoms with E-state index < -0.39 is 11.7 Å². The van der Waals surface area contributed by atoms with Crippen molar-refractivity contribution in [2.75, 3.05) is 16.4 Å². The third-order valence-electron chi connectivity index (χ3n) is 3.27. The van der Waals surface area contributed by atoms with E-state index in [4.69, 9.17) is 11.6 Å². The Balaban J connectivity index is 1.55. The van der Waals surface area contributed by atoms with E-state index >= 15 is 0 Å². The van der Waals surface area contributed by atoms with Crippen LogP contribution in [0.3, 0.4) is 0 Å². The van der Waals surface area contributed by atoms with Gasteiger partial charge in [-0.25, -0.2) is 4.39 Å². The van der Waals surface area contributed by atoms with Gasteiger partial charge in [0.05, 0.1) is 22.0 Å². The van der Waals surface area contributed by atoms with Crippen LogP contribution in [0.25, 0.3) is 0 Å². The first-order chi connectivity index (χ1) is 13.4. The van der Waals surface area contributed by atoms with Crippen LogP contribution in [0.4, 0.5) is 15.2 Å². The third kappa shape index (κ3) is 5.51. The Morgan fingerprint density at radius 1 is 1.18 bits per heavy atom. The first-order valence-electron chi connectivity index (χ1n) is 7.69. The molecule has 28 heavy (non-hydrogen) atoms. The predicted molar refractivity (Wildman–Crippen MR) is 113 cm³/mol. The number of carbonyl (C=O) groups excluding carboxylic acids is 2. The molecule has 1 heterocycles. The number of nitrogens with zero attached hydrogens (tertiary/aromatic N) is 2. The van der Waals surface area contributed by atoms with Gasteiger partial charge < -0.3 is 5.32 Å². The summed E-state index contributed by atoms with van der Waals surface area (Å²) in [5.74, 6) is -1.28. The van der Waals surface area contributed by atoms with Gasteiger partial charge in [-0.2, -0.15) is 0 Å². The summed E-state index contributed by atoms with van der Waals surface area (Å²) in [6.07, 6.45) is 0. The van der Waals surface area contributed by atoms with E-state index in [1.807, 2.05) is 0 Å². The van der Waals surface area contributed by atoms with E-state index in [1.165, 1.54) is 18.2 Å². The molecule has 0 aliphatic heterocycles. The second-order valence-electron chi connectivity index (χ2n) is 5.27. The van der Waals surface area contributed by atoms with Gasteiger partial charge in [-0.05, 0) is 30.3 Å². The molecule has 2 amide bonds. The Morgan fingerprint density at radius 3 is 2.75 bits per heavy atom. The van der Waals surface area contributed by atoms with Gasteiger partial charge in [0, 0.05) is 4.47 Å². The fourth-order valence-electron chi connectivity index (χ4n) is 2.03. The number of benzene rings is 2. The van der Waals surface area contributed by atoms with E-state index in [-0.39, 0.29) is 22.5 Å². The molecule has 11 heteroatoms. The van der Waals surface area contributed by atoms with Crippen LogP contribution in [0, 0.1) is 5.82 Å². The Hall–Kier alpha value is -2.01. The van der Waals surface area contributed by atoms with Gasteiger partial charge in [0.1, 0.15) is 5.82 Å². The maximum atomic E-state index is 13.5. The van der Waals surface area contributed by atoms with Crippen molar-refractivity contribution in [2.24, 2.45) is 0 Å². The molecule has 1 aromatic heterocycles. The molecule has 0 bridgehead atoms. The number of hydrogen-bond acceptors (Lipinski definition) is 6. The van der Waals surface area contributed by atoms with Gasteiger partial charge in [-0.15, -0.1) is 10.2 Å². The van der Waals surface area contributed by atoms with Crippen LogP contribution in [-0.4, -0.2) is 27.8 Å². The molecule has 0 saturated heterocycles. The van der Waals surface area contributed by atoms with Gasteiger partial charge in [-0.3, -0.25) is 14.9 Å². The topological polar surface area (TPSA) is 84.0 Å². The fourth-order valence-corrected chi connectivity index (χ4v) is 4.14. The van der Waals surface area contributed by atoms with Crippen molar-refractivity contribution in [1.29, 1.82) is 0 Å². The second-order valence-corrected chi connectivity index (χ2v) is 8.79. The third-order valence-corrected chi connectivity index (χ3v) is 6.07. The number of nitrogens with one attached hydrogen (secondary N) is 2. The van der Waals surface area contributed by atoms with E-state index in [0.717, 1.165) is 27.6 Å². The molecule has 0 unspecified atom stereocenters. The van der Waals surface area contributed by atoms with Crippen LogP contribution >= 0.6 is 50.6 Å². The molecule has 0 aliphatic rings. The minimum Gasteiger partial charge on any atom is -0.323 e. The van der Waals surface area contributed by atoms with Crippen molar-refractivity contribution in [2.45, 2.75) is 4.34 Å². The highest BCUT2D eigenvalue weighted by Crippen LogP contribution is 2.27. The number of thioether (sulfide) groups is 1. The molecule has 3 aromatic rings. The van der Waals surface area contributed by atoms with Gasteiger partial charge in [0.2, 0.25) is 11.0 Å². The van der Waals surface area contributed by atoms with Gasteiger partial charge in [0.25, 0.3) is 5.91 Å². The number of anilines is 2. The van der Waals surface area contributed by atoms with Crippen molar-refractivity contribution in [3.8, 4) is 0 Å². The molecule has 2 N–H and O–H groups in total. The lowest BCUT2D eigenvalue weighted by atomic mass is 10.2. The summed E-state index contributed by atoms with van der Waals surface area (Å²) >= 11 is 11.6. The molecule has 144 valence electrons. The summed E-state index contributed by atoms with van der Waals surface area (Å²) in [6, 6.07) is 10.8. The van der Waals surface area contributed by atoms with Crippen molar-refractivity contribution < 1.29 is 14.0 Å². The zero-order chi connectivity index (χ0) is 20.1. The van der Waals surface area contributed by atoms with Crippen LogP contribution in [0.5, 0.6) is 0 Å². The summed E-state index contributed by atoms with van der Waals surface area (Å²) in [5, 5.41) is 13.5. The van der Waals surface area contributed by atoms with Gasteiger partial charge in [-0.1, -0.05) is 62.8 Å². The highest BCUT2D eigenvalue weighted by atomic mass is 79.9. The number of hydrogen-bond donors (Lipinski definition) is 2. The number of carbonyl (C=O) groups is 2. The fraction of sp³-hybridized carbons (Fsp3) is 0.0588. The number of para-hydroxylation sites is 1. The molecule has 0 saturated carbocycles. The maximum Gasteiger partial charge on any atom is 0.259 e. The maximum absolute atomic E-state index is 13.5. The average molecular weight is 502 g/mol. The van der Waals surface area contributed by atoms with E-state index in [2.05, 4.69) is 36.8 Å². The lowest BCUT2D eigenvalue weighted by Crippen LogP contribution is -2.14. The number of amides is 2. The Labute approximate surface area is 181 Å². The number of aromatic nitrogens is 2. The highest BCUT2D eigenvalue weighted by Gasteiger charge is 2.15. The summed E-state index contributed by atoms with van der Waals surface area (Å²) in [7, 11) is 0. The normalized spacial score (nSPS) is 10.5. The first-order valence-corrected chi connectivity index (χ1v) is 10.7. The molecular formula is C17H11BrClFN4O2S2. The molecule has 0 fully saturated rings.